The lowest BCUT2D eigenvalue weighted by atomic mass is 9.99. The van der Waals surface area contributed by atoms with Gasteiger partial charge in [0.1, 0.15) is 0 Å². The van der Waals surface area contributed by atoms with E-state index in [0.29, 0.717) is 6.10 Å². The summed E-state index contributed by atoms with van der Waals surface area (Å²) in [6.45, 7) is 3.93. The fourth-order valence-electron chi connectivity index (χ4n) is 3.53. The Morgan fingerprint density at radius 3 is 2.95 bits per heavy atom. The normalized spacial score (nSPS) is 19.0. The van der Waals surface area contributed by atoms with Gasteiger partial charge in [-0.25, -0.2) is 0 Å². The molecule has 21 heavy (non-hydrogen) atoms. The molecule has 0 unspecified atom stereocenters. The molecule has 0 atom stereocenters. The highest BCUT2D eigenvalue weighted by Gasteiger charge is 2.15. The van der Waals surface area contributed by atoms with Crippen molar-refractivity contribution in [1.82, 2.24) is 5.32 Å². The Kier molecular flexibility index (Phi) is 5.15. The molecule has 0 saturated heterocycles. The Bertz CT molecular complexity index is 455. The van der Waals surface area contributed by atoms with Gasteiger partial charge in [-0.15, -0.1) is 0 Å². The molecule has 2 aliphatic rings. The van der Waals surface area contributed by atoms with Crippen LogP contribution in [0.5, 0.6) is 0 Å². The number of fused-ring (bicyclic) bond motifs is 1. The summed E-state index contributed by atoms with van der Waals surface area (Å²) in [5, 5.41) is 3.51. The number of anilines is 1. The van der Waals surface area contributed by atoms with Crippen molar-refractivity contribution in [2.75, 3.05) is 31.6 Å². The highest BCUT2D eigenvalue weighted by Crippen LogP contribution is 2.26. The van der Waals surface area contributed by atoms with Gasteiger partial charge in [0.2, 0.25) is 0 Å². The van der Waals surface area contributed by atoms with E-state index in [1.807, 2.05) is 0 Å². The van der Waals surface area contributed by atoms with E-state index in [2.05, 4.69) is 35.5 Å². The van der Waals surface area contributed by atoms with Crippen LogP contribution in [0.3, 0.4) is 0 Å². The first kappa shape index (κ1) is 14.9. The average molecular weight is 288 g/mol. The van der Waals surface area contributed by atoms with Gasteiger partial charge >= 0.3 is 0 Å². The Morgan fingerprint density at radius 1 is 1.24 bits per heavy atom. The van der Waals surface area contributed by atoms with Gasteiger partial charge in [0.25, 0.3) is 0 Å². The molecular weight excluding hydrogens is 260 g/mol. The molecular formula is C18H28N2O. The molecule has 0 aromatic heterocycles. The summed E-state index contributed by atoms with van der Waals surface area (Å²) in [6.07, 6.45) is 8.25. The maximum atomic E-state index is 5.88. The lowest BCUT2D eigenvalue weighted by molar-refractivity contribution is 0.0603. The van der Waals surface area contributed by atoms with Gasteiger partial charge in [-0.05, 0) is 42.9 Å². The van der Waals surface area contributed by atoms with Gasteiger partial charge in [0.05, 0.1) is 12.7 Å². The van der Waals surface area contributed by atoms with Crippen molar-refractivity contribution in [2.24, 2.45) is 0 Å². The third-order valence-corrected chi connectivity index (χ3v) is 4.76. The van der Waals surface area contributed by atoms with Gasteiger partial charge in [0, 0.05) is 32.4 Å². The summed E-state index contributed by atoms with van der Waals surface area (Å²) in [5.74, 6) is 0. The zero-order chi connectivity index (χ0) is 14.5. The molecule has 1 heterocycles. The minimum absolute atomic E-state index is 0.533. The molecule has 1 saturated carbocycles. The Balaban J connectivity index is 1.41. The third kappa shape index (κ3) is 3.98. The van der Waals surface area contributed by atoms with E-state index in [4.69, 9.17) is 4.74 Å². The van der Waals surface area contributed by atoms with E-state index < -0.39 is 0 Å². The van der Waals surface area contributed by atoms with Gasteiger partial charge in [0.15, 0.2) is 0 Å². The van der Waals surface area contributed by atoms with Crippen LogP contribution in [-0.4, -0.2) is 32.8 Å². The molecule has 1 N–H and O–H groups in total. The fraction of sp³-hybridized carbons (Fsp3) is 0.667. The minimum atomic E-state index is 0.533. The largest absolute Gasteiger partial charge is 0.377 e. The van der Waals surface area contributed by atoms with E-state index in [1.165, 1.54) is 61.9 Å². The number of benzene rings is 1. The maximum Gasteiger partial charge on any atom is 0.0594 e. The van der Waals surface area contributed by atoms with Crippen molar-refractivity contribution in [1.29, 1.82) is 0 Å². The van der Waals surface area contributed by atoms with E-state index in [1.54, 1.807) is 0 Å². The van der Waals surface area contributed by atoms with Crippen molar-refractivity contribution in [3.8, 4) is 0 Å². The van der Waals surface area contributed by atoms with Crippen LogP contribution in [0.25, 0.3) is 0 Å². The predicted molar refractivity (Wildman–Crippen MR) is 87.9 cm³/mol. The van der Waals surface area contributed by atoms with Crippen LogP contribution in [0.4, 0.5) is 5.69 Å². The monoisotopic (exact) mass is 288 g/mol. The lowest BCUT2D eigenvalue weighted by Crippen LogP contribution is -2.25. The first-order valence-electron chi connectivity index (χ1n) is 8.48. The molecule has 0 spiro atoms. The van der Waals surface area contributed by atoms with Gasteiger partial charge in [-0.3, -0.25) is 0 Å². The summed E-state index contributed by atoms with van der Waals surface area (Å²) in [5.41, 5.74) is 4.31. The first-order valence-corrected chi connectivity index (χ1v) is 8.48. The summed E-state index contributed by atoms with van der Waals surface area (Å²) in [7, 11) is 2.19. The zero-order valence-electron chi connectivity index (χ0n) is 13.2. The molecule has 3 heteroatoms. The summed E-state index contributed by atoms with van der Waals surface area (Å²) in [6, 6.07) is 6.90. The second-order valence-electron chi connectivity index (χ2n) is 6.44. The molecule has 0 radical (unpaired) electrons. The Hall–Kier alpha value is -1.06. The molecule has 0 amide bonds. The fourth-order valence-corrected chi connectivity index (χ4v) is 3.53. The molecule has 1 aliphatic heterocycles. The van der Waals surface area contributed by atoms with Gasteiger partial charge in [-0.2, -0.15) is 0 Å². The average Bonchev–Trinajstić information content (AvgIpc) is 3.00. The van der Waals surface area contributed by atoms with Crippen LogP contribution in [0.1, 0.15) is 43.2 Å². The van der Waals surface area contributed by atoms with Crippen molar-refractivity contribution in [2.45, 2.75) is 51.2 Å². The van der Waals surface area contributed by atoms with E-state index in [-0.39, 0.29) is 0 Å². The van der Waals surface area contributed by atoms with Crippen LogP contribution in [0, 0.1) is 0 Å². The molecule has 1 aromatic rings. The predicted octanol–water partition coefficient (Wildman–Crippen LogP) is 3.12. The highest BCUT2D eigenvalue weighted by atomic mass is 16.5. The highest BCUT2D eigenvalue weighted by molar-refractivity contribution is 5.56. The molecule has 1 aliphatic carbocycles. The zero-order valence-corrected chi connectivity index (χ0v) is 13.2. The van der Waals surface area contributed by atoms with Crippen LogP contribution in [0.15, 0.2) is 18.2 Å². The SMILES string of the molecule is CN1CCCc2cc(CNCCOC3CCCC3)ccc21. The lowest BCUT2D eigenvalue weighted by Gasteiger charge is -2.27. The van der Waals surface area contributed by atoms with E-state index in [0.717, 1.165) is 19.7 Å². The van der Waals surface area contributed by atoms with Crippen LogP contribution >= 0.6 is 0 Å². The topological polar surface area (TPSA) is 24.5 Å². The van der Waals surface area contributed by atoms with Crippen LogP contribution in [0.2, 0.25) is 0 Å². The van der Waals surface area contributed by atoms with Crippen LogP contribution in [-0.2, 0) is 17.7 Å². The number of ether oxygens (including phenoxy) is 1. The third-order valence-electron chi connectivity index (χ3n) is 4.76. The second-order valence-corrected chi connectivity index (χ2v) is 6.44. The molecule has 3 rings (SSSR count). The molecule has 116 valence electrons. The summed E-state index contributed by atoms with van der Waals surface area (Å²) < 4.78 is 5.88. The maximum absolute atomic E-state index is 5.88. The van der Waals surface area contributed by atoms with Gasteiger partial charge in [-0.1, -0.05) is 25.0 Å². The van der Waals surface area contributed by atoms with Crippen molar-refractivity contribution in [3.63, 3.8) is 0 Å². The standard InChI is InChI=1S/C18H28N2O/c1-20-11-4-5-16-13-15(8-9-18(16)20)14-19-10-12-21-17-6-2-3-7-17/h8-9,13,17,19H,2-7,10-12,14H2,1H3. The quantitative estimate of drug-likeness (QED) is 0.814. The number of hydrogen-bond acceptors (Lipinski definition) is 3. The smallest absolute Gasteiger partial charge is 0.0594 e. The van der Waals surface area contributed by atoms with Crippen molar-refractivity contribution in [3.05, 3.63) is 29.3 Å². The number of rotatable bonds is 6. The van der Waals surface area contributed by atoms with Crippen molar-refractivity contribution >= 4 is 5.69 Å². The first-order chi connectivity index (χ1) is 10.3. The number of hydrogen-bond donors (Lipinski definition) is 1. The van der Waals surface area contributed by atoms with E-state index in [9.17, 15) is 0 Å². The summed E-state index contributed by atoms with van der Waals surface area (Å²) >= 11 is 0. The van der Waals surface area contributed by atoms with Crippen LogP contribution < -0.4 is 10.2 Å². The molecule has 1 fully saturated rings. The van der Waals surface area contributed by atoms with Crippen molar-refractivity contribution < 1.29 is 4.74 Å². The Labute approximate surface area is 128 Å². The number of nitrogens with one attached hydrogen (secondary N) is 1. The molecule has 3 nitrogen and oxygen atoms in total. The van der Waals surface area contributed by atoms with E-state index >= 15 is 0 Å². The molecule has 1 aromatic carbocycles. The minimum Gasteiger partial charge on any atom is -0.377 e. The summed E-state index contributed by atoms with van der Waals surface area (Å²) in [4.78, 5) is 2.37. The number of aryl methyl sites for hydroxylation is 1. The Morgan fingerprint density at radius 2 is 2.10 bits per heavy atom. The van der Waals surface area contributed by atoms with Gasteiger partial charge < -0.3 is 15.0 Å². The molecule has 0 bridgehead atoms. The second kappa shape index (κ2) is 7.28. The number of nitrogens with zero attached hydrogens (tertiary/aromatic N) is 1.